The van der Waals surface area contributed by atoms with Crippen molar-refractivity contribution in [1.29, 1.82) is 0 Å². The summed E-state index contributed by atoms with van der Waals surface area (Å²) in [5.41, 5.74) is 0.553. The van der Waals surface area contributed by atoms with Gasteiger partial charge in [-0.15, -0.1) is 0 Å². The number of phenolic OH excluding ortho intramolecular Hbond substituents is 3. The molecule has 4 heteroatoms. The third-order valence-electron chi connectivity index (χ3n) is 3.15. The first kappa shape index (κ1) is 13.9. The number of rotatable bonds is 4. The van der Waals surface area contributed by atoms with E-state index in [1.807, 2.05) is 6.92 Å². The molecule has 0 aliphatic rings. The van der Waals surface area contributed by atoms with E-state index in [-0.39, 0.29) is 28.4 Å². The Kier molecular flexibility index (Phi) is 3.94. The molecule has 0 spiro atoms. The molecule has 0 saturated heterocycles. The molecule has 0 fully saturated rings. The number of hydrogen-bond acceptors (Lipinski definition) is 4. The van der Waals surface area contributed by atoms with Gasteiger partial charge in [-0.05, 0) is 30.7 Å². The fourth-order valence-corrected chi connectivity index (χ4v) is 2.12. The second-order valence-electron chi connectivity index (χ2n) is 4.56. The fourth-order valence-electron chi connectivity index (χ4n) is 2.12. The van der Waals surface area contributed by atoms with Gasteiger partial charge in [0.15, 0.2) is 5.78 Å². The van der Waals surface area contributed by atoms with Gasteiger partial charge in [-0.2, -0.15) is 0 Å². The van der Waals surface area contributed by atoms with Gasteiger partial charge in [0.1, 0.15) is 17.2 Å². The molecule has 104 valence electrons. The molecule has 0 aliphatic heterocycles. The van der Waals surface area contributed by atoms with Crippen LogP contribution in [-0.2, 0) is 6.42 Å². The number of carbonyl (C=O) groups excluding carboxylic acids is 1. The molecule has 2 aromatic carbocycles. The van der Waals surface area contributed by atoms with Gasteiger partial charge in [0.25, 0.3) is 0 Å². The maximum Gasteiger partial charge on any atom is 0.200 e. The first-order valence-corrected chi connectivity index (χ1v) is 6.42. The van der Waals surface area contributed by atoms with E-state index in [0.717, 1.165) is 6.42 Å². The van der Waals surface area contributed by atoms with Crippen molar-refractivity contribution in [3.63, 3.8) is 0 Å². The number of aromatic hydroxyl groups is 3. The minimum atomic E-state index is -0.474. The second kappa shape index (κ2) is 5.65. The zero-order valence-electron chi connectivity index (χ0n) is 11.1. The van der Waals surface area contributed by atoms with Gasteiger partial charge in [0.05, 0.1) is 11.1 Å². The summed E-state index contributed by atoms with van der Waals surface area (Å²) in [5, 5.41) is 29.6. The highest BCUT2D eigenvalue weighted by molar-refractivity contribution is 6.12. The summed E-state index contributed by atoms with van der Waals surface area (Å²) >= 11 is 0. The number of ketones is 1. The molecule has 2 aromatic rings. The van der Waals surface area contributed by atoms with Gasteiger partial charge in [0.2, 0.25) is 0 Å². The summed E-state index contributed by atoms with van der Waals surface area (Å²) in [6.07, 6.45) is 1.20. The maximum atomic E-state index is 12.4. The first-order chi connectivity index (χ1) is 9.56. The molecule has 0 atom stereocenters. The van der Waals surface area contributed by atoms with Crippen molar-refractivity contribution in [2.75, 3.05) is 0 Å². The lowest BCUT2D eigenvalue weighted by Crippen LogP contribution is -2.03. The number of benzene rings is 2. The Labute approximate surface area is 116 Å². The van der Waals surface area contributed by atoms with E-state index in [4.69, 9.17) is 0 Å². The average Bonchev–Trinajstić information content (AvgIpc) is 2.43. The van der Waals surface area contributed by atoms with Crippen LogP contribution in [0.25, 0.3) is 0 Å². The lowest BCUT2D eigenvalue weighted by molar-refractivity contribution is 0.103. The smallest absolute Gasteiger partial charge is 0.200 e. The van der Waals surface area contributed by atoms with Gasteiger partial charge < -0.3 is 15.3 Å². The van der Waals surface area contributed by atoms with E-state index in [1.165, 1.54) is 24.3 Å². The SMILES string of the molecule is CCCc1c(O)ccc(C(=O)c2ccccc2O)c1O. The van der Waals surface area contributed by atoms with Gasteiger partial charge in [-0.1, -0.05) is 25.5 Å². The van der Waals surface area contributed by atoms with Crippen molar-refractivity contribution in [3.05, 3.63) is 53.1 Å². The fraction of sp³-hybridized carbons (Fsp3) is 0.188. The van der Waals surface area contributed by atoms with Crippen molar-refractivity contribution in [1.82, 2.24) is 0 Å². The predicted molar refractivity (Wildman–Crippen MR) is 75.3 cm³/mol. The lowest BCUT2D eigenvalue weighted by Gasteiger charge is -2.11. The Bertz CT molecular complexity index is 647. The van der Waals surface area contributed by atoms with Crippen LogP contribution >= 0.6 is 0 Å². The lowest BCUT2D eigenvalue weighted by atomic mass is 9.97. The molecular formula is C16H16O4. The predicted octanol–water partition coefficient (Wildman–Crippen LogP) is 2.99. The molecule has 20 heavy (non-hydrogen) atoms. The van der Waals surface area contributed by atoms with E-state index >= 15 is 0 Å². The van der Waals surface area contributed by atoms with Crippen LogP contribution < -0.4 is 0 Å². The molecule has 0 radical (unpaired) electrons. The number of carbonyl (C=O) groups is 1. The molecule has 0 heterocycles. The Morgan fingerprint density at radius 3 is 2.30 bits per heavy atom. The summed E-state index contributed by atoms with van der Waals surface area (Å²) in [5.74, 6) is -0.863. The van der Waals surface area contributed by atoms with Crippen LogP contribution in [0, 0.1) is 0 Å². The summed E-state index contributed by atoms with van der Waals surface area (Å²) in [6.45, 7) is 1.91. The molecular weight excluding hydrogens is 256 g/mol. The highest BCUT2D eigenvalue weighted by atomic mass is 16.3. The highest BCUT2D eigenvalue weighted by Gasteiger charge is 2.20. The van der Waals surface area contributed by atoms with Crippen LogP contribution in [0.15, 0.2) is 36.4 Å². The van der Waals surface area contributed by atoms with Gasteiger partial charge in [0, 0.05) is 5.56 Å². The van der Waals surface area contributed by atoms with Crippen LogP contribution in [0.2, 0.25) is 0 Å². The minimum absolute atomic E-state index is 0.0295. The first-order valence-electron chi connectivity index (χ1n) is 6.42. The normalized spacial score (nSPS) is 10.4. The van der Waals surface area contributed by atoms with Crippen LogP contribution in [0.1, 0.15) is 34.8 Å². The monoisotopic (exact) mass is 272 g/mol. The van der Waals surface area contributed by atoms with Crippen LogP contribution in [0.3, 0.4) is 0 Å². The molecule has 0 saturated carbocycles. The third kappa shape index (κ3) is 2.45. The Morgan fingerprint density at radius 2 is 1.65 bits per heavy atom. The third-order valence-corrected chi connectivity index (χ3v) is 3.15. The second-order valence-corrected chi connectivity index (χ2v) is 4.56. The van der Waals surface area contributed by atoms with Crippen molar-refractivity contribution in [2.45, 2.75) is 19.8 Å². The molecule has 0 unspecified atom stereocenters. The largest absolute Gasteiger partial charge is 0.508 e. The molecule has 4 nitrogen and oxygen atoms in total. The van der Waals surface area contributed by atoms with Crippen molar-refractivity contribution < 1.29 is 20.1 Å². The summed E-state index contributed by atoms with van der Waals surface area (Å²) in [7, 11) is 0. The van der Waals surface area contributed by atoms with E-state index in [0.29, 0.717) is 12.0 Å². The van der Waals surface area contributed by atoms with E-state index in [2.05, 4.69) is 0 Å². The zero-order valence-corrected chi connectivity index (χ0v) is 11.1. The van der Waals surface area contributed by atoms with Gasteiger partial charge >= 0.3 is 0 Å². The Balaban J connectivity index is 2.51. The molecule has 3 N–H and O–H groups in total. The van der Waals surface area contributed by atoms with E-state index < -0.39 is 5.78 Å². The van der Waals surface area contributed by atoms with E-state index in [9.17, 15) is 20.1 Å². The molecule has 2 rings (SSSR count). The summed E-state index contributed by atoms with van der Waals surface area (Å²) in [4.78, 5) is 12.4. The van der Waals surface area contributed by atoms with Gasteiger partial charge in [-0.3, -0.25) is 4.79 Å². The van der Waals surface area contributed by atoms with E-state index in [1.54, 1.807) is 12.1 Å². The summed E-state index contributed by atoms with van der Waals surface area (Å²) < 4.78 is 0. The summed E-state index contributed by atoms with van der Waals surface area (Å²) in [6, 6.07) is 8.90. The van der Waals surface area contributed by atoms with Gasteiger partial charge in [-0.25, -0.2) is 0 Å². The zero-order chi connectivity index (χ0) is 14.7. The molecule has 0 aliphatic carbocycles. The van der Waals surface area contributed by atoms with Crippen molar-refractivity contribution in [2.24, 2.45) is 0 Å². The maximum absolute atomic E-state index is 12.4. The van der Waals surface area contributed by atoms with Crippen LogP contribution in [0.4, 0.5) is 0 Å². The van der Waals surface area contributed by atoms with Crippen LogP contribution in [-0.4, -0.2) is 21.1 Å². The molecule has 0 amide bonds. The quantitative estimate of drug-likeness (QED) is 0.748. The van der Waals surface area contributed by atoms with Crippen molar-refractivity contribution >= 4 is 5.78 Å². The highest BCUT2D eigenvalue weighted by Crippen LogP contribution is 2.34. The van der Waals surface area contributed by atoms with Crippen molar-refractivity contribution in [3.8, 4) is 17.2 Å². The Hall–Kier alpha value is -2.49. The number of para-hydroxylation sites is 1. The average molecular weight is 272 g/mol. The number of hydrogen-bond donors (Lipinski definition) is 3. The topological polar surface area (TPSA) is 77.8 Å². The minimum Gasteiger partial charge on any atom is -0.508 e. The van der Waals surface area contributed by atoms with Crippen LogP contribution in [0.5, 0.6) is 17.2 Å². The molecule has 0 bridgehead atoms. The Morgan fingerprint density at radius 1 is 0.950 bits per heavy atom. The number of phenols is 3. The standard InChI is InChI=1S/C16H16O4/c1-2-5-10-14(18)9-8-12(15(10)19)16(20)11-6-3-4-7-13(11)17/h3-4,6-9,17-19H,2,5H2,1H3. The molecule has 0 aromatic heterocycles.